The highest BCUT2D eigenvalue weighted by Gasteiger charge is 2.29. The number of nitrogens with one attached hydrogen (secondary N) is 1. The predicted octanol–water partition coefficient (Wildman–Crippen LogP) is 2.77. The first-order valence-corrected chi connectivity index (χ1v) is 6.57. The average Bonchev–Trinajstić information content (AvgIpc) is 2.85. The second-order valence-electron chi connectivity index (χ2n) is 4.59. The second-order valence-corrected chi connectivity index (χ2v) is 5.03. The van der Waals surface area contributed by atoms with E-state index in [0.717, 1.165) is 19.3 Å². The molecule has 1 aliphatic rings. The molecular weight excluding hydrogens is 264 g/mol. The zero-order valence-electron chi connectivity index (χ0n) is 10.6. The van der Waals surface area contributed by atoms with E-state index in [4.69, 9.17) is 21.6 Å². The summed E-state index contributed by atoms with van der Waals surface area (Å²) in [6.07, 6.45) is 2.67. The molecule has 1 amide bonds. The van der Waals surface area contributed by atoms with Crippen molar-refractivity contribution in [3.8, 4) is 11.8 Å². The molecule has 1 aliphatic carbocycles. The van der Waals surface area contributed by atoms with Crippen LogP contribution in [0.3, 0.4) is 0 Å². The first-order valence-electron chi connectivity index (χ1n) is 6.19. The maximum Gasteiger partial charge on any atom is 0.255 e. The fourth-order valence-electron chi connectivity index (χ4n) is 2.39. The van der Waals surface area contributed by atoms with Gasteiger partial charge in [-0.1, -0.05) is 11.6 Å². The SMILES string of the molecule is COc1cc(Cl)ccc1C(=O)NC1CCCC1C#N. The molecule has 100 valence electrons. The molecule has 1 aromatic rings. The molecule has 2 unspecified atom stereocenters. The number of carbonyl (C=O) groups is 1. The quantitative estimate of drug-likeness (QED) is 0.925. The highest BCUT2D eigenvalue weighted by atomic mass is 35.5. The van der Waals surface area contributed by atoms with Gasteiger partial charge in [0.2, 0.25) is 0 Å². The van der Waals surface area contributed by atoms with Gasteiger partial charge in [-0.05, 0) is 37.5 Å². The molecule has 0 radical (unpaired) electrons. The van der Waals surface area contributed by atoms with Gasteiger partial charge >= 0.3 is 0 Å². The minimum atomic E-state index is -0.222. The summed E-state index contributed by atoms with van der Waals surface area (Å²) >= 11 is 5.86. The Bertz CT molecular complexity index is 525. The summed E-state index contributed by atoms with van der Waals surface area (Å²) in [6, 6.07) is 7.05. The lowest BCUT2D eigenvalue weighted by atomic mass is 10.1. The minimum Gasteiger partial charge on any atom is -0.496 e. The van der Waals surface area contributed by atoms with Crippen LogP contribution in [0.25, 0.3) is 0 Å². The van der Waals surface area contributed by atoms with E-state index in [1.807, 2.05) is 0 Å². The lowest BCUT2D eigenvalue weighted by Crippen LogP contribution is -2.37. The predicted molar refractivity (Wildman–Crippen MR) is 72.2 cm³/mol. The van der Waals surface area contributed by atoms with Gasteiger partial charge in [0.15, 0.2) is 0 Å². The van der Waals surface area contributed by atoms with E-state index in [2.05, 4.69) is 11.4 Å². The second kappa shape index (κ2) is 5.94. The van der Waals surface area contributed by atoms with Gasteiger partial charge in [0, 0.05) is 11.1 Å². The summed E-state index contributed by atoms with van der Waals surface area (Å²) < 4.78 is 5.15. The molecule has 0 aliphatic heterocycles. The highest BCUT2D eigenvalue weighted by Crippen LogP contribution is 2.27. The molecule has 2 rings (SSSR count). The van der Waals surface area contributed by atoms with Crippen molar-refractivity contribution >= 4 is 17.5 Å². The summed E-state index contributed by atoms with van der Waals surface area (Å²) in [5.41, 5.74) is 0.440. The fourth-order valence-corrected chi connectivity index (χ4v) is 2.55. The number of rotatable bonds is 3. The Morgan fingerprint density at radius 3 is 3.00 bits per heavy atom. The number of carbonyl (C=O) groups excluding carboxylic acids is 1. The van der Waals surface area contributed by atoms with Gasteiger partial charge in [-0.15, -0.1) is 0 Å². The molecule has 1 fully saturated rings. The Balaban J connectivity index is 2.14. The van der Waals surface area contributed by atoms with Crippen LogP contribution in [0.15, 0.2) is 18.2 Å². The Hall–Kier alpha value is -1.73. The number of methoxy groups -OCH3 is 1. The van der Waals surface area contributed by atoms with Gasteiger partial charge < -0.3 is 10.1 Å². The number of benzene rings is 1. The molecular formula is C14H15ClN2O2. The number of hydrogen-bond acceptors (Lipinski definition) is 3. The van der Waals surface area contributed by atoms with Crippen molar-refractivity contribution in [2.24, 2.45) is 5.92 Å². The van der Waals surface area contributed by atoms with Crippen molar-refractivity contribution in [1.82, 2.24) is 5.32 Å². The molecule has 19 heavy (non-hydrogen) atoms. The van der Waals surface area contributed by atoms with E-state index in [9.17, 15) is 4.79 Å². The van der Waals surface area contributed by atoms with E-state index >= 15 is 0 Å². The van der Waals surface area contributed by atoms with E-state index in [0.29, 0.717) is 16.3 Å². The fraction of sp³-hybridized carbons (Fsp3) is 0.429. The van der Waals surface area contributed by atoms with Crippen LogP contribution in [-0.2, 0) is 0 Å². The standard InChI is InChI=1S/C14H15ClN2O2/c1-19-13-7-10(15)5-6-11(13)14(18)17-12-4-2-3-9(12)8-16/h5-7,9,12H,2-4H2,1H3,(H,17,18). The zero-order valence-corrected chi connectivity index (χ0v) is 11.4. The first-order chi connectivity index (χ1) is 9.15. The molecule has 1 saturated carbocycles. The number of halogens is 1. The number of hydrogen-bond donors (Lipinski definition) is 1. The normalized spacial score (nSPS) is 21.7. The van der Waals surface area contributed by atoms with E-state index < -0.39 is 0 Å². The molecule has 0 heterocycles. The molecule has 1 aromatic carbocycles. The van der Waals surface area contributed by atoms with Crippen molar-refractivity contribution in [2.45, 2.75) is 25.3 Å². The van der Waals surface area contributed by atoms with Crippen LogP contribution in [0, 0.1) is 17.2 Å². The summed E-state index contributed by atoms with van der Waals surface area (Å²) in [5, 5.41) is 12.4. The van der Waals surface area contributed by atoms with Crippen LogP contribution in [0.2, 0.25) is 5.02 Å². The largest absolute Gasteiger partial charge is 0.496 e. The van der Waals surface area contributed by atoms with Crippen molar-refractivity contribution in [3.63, 3.8) is 0 Å². The Morgan fingerprint density at radius 2 is 2.32 bits per heavy atom. The first kappa shape index (κ1) is 13.7. The lowest BCUT2D eigenvalue weighted by molar-refractivity contribution is 0.0930. The van der Waals surface area contributed by atoms with Crippen molar-refractivity contribution in [3.05, 3.63) is 28.8 Å². The third kappa shape index (κ3) is 2.99. The van der Waals surface area contributed by atoms with E-state index in [1.165, 1.54) is 7.11 Å². The maximum absolute atomic E-state index is 12.2. The van der Waals surface area contributed by atoms with Crippen molar-refractivity contribution < 1.29 is 9.53 Å². The van der Waals surface area contributed by atoms with Crippen LogP contribution in [0.1, 0.15) is 29.6 Å². The summed E-state index contributed by atoms with van der Waals surface area (Å²) in [7, 11) is 1.50. The van der Waals surface area contributed by atoms with Crippen LogP contribution in [0.4, 0.5) is 0 Å². The number of amides is 1. The van der Waals surface area contributed by atoms with Gasteiger partial charge in [-0.2, -0.15) is 5.26 Å². The Morgan fingerprint density at radius 1 is 1.53 bits per heavy atom. The molecule has 2 atom stereocenters. The number of nitriles is 1. The van der Waals surface area contributed by atoms with Gasteiger partial charge in [0.25, 0.3) is 5.91 Å². The molecule has 0 aromatic heterocycles. The third-order valence-corrected chi connectivity index (χ3v) is 3.64. The molecule has 5 heteroatoms. The monoisotopic (exact) mass is 278 g/mol. The Kier molecular flexibility index (Phi) is 4.28. The molecule has 4 nitrogen and oxygen atoms in total. The lowest BCUT2D eigenvalue weighted by Gasteiger charge is -2.16. The van der Waals surface area contributed by atoms with Gasteiger partial charge in [0.1, 0.15) is 5.75 Å². The molecule has 0 spiro atoms. The van der Waals surface area contributed by atoms with Crippen LogP contribution in [0.5, 0.6) is 5.75 Å². The average molecular weight is 279 g/mol. The Labute approximate surface area is 117 Å². The van der Waals surface area contributed by atoms with E-state index in [-0.39, 0.29) is 17.9 Å². The van der Waals surface area contributed by atoms with Crippen LogP contribution in [-0.4, -0.2) is 19.1 Å². The van der Waals surface area contributed by atoms with Crippen molar-refractivity contribution in [2.75, 3.05) is 7.11 Å². The summed E-state index contributed by atoms with van der Waals surface area (Å²) in [6.45, 7) is 0. The minimum absolute atomic E-state index is 0.0714. The third-order valence-electron chi connectivity index (χ3n) is 3.41. The summed E-state index contributed by atoms with van der Waals surface area (Å²) in [4.78, 5) is 12.2. The number of ether oxygens (including phenoxy) is 1. The zero-order chi connectivity index (χ0) is 13.8. The molecule has 0 bridgehead atoms. The van der Waals surface area contributed by atoms with E-state index in [1.54, 1.807) is 18.2 Å². The topological polar surface area (TPSA) is 62.1 Å². The van der Waals surface area contributed by atoms with Crippen molar-refractivity contribution in [1.29, 1.82) is 5.26 Å². The van der Waals surface area contributed by atoms with Crippen LogP contribution >= 0.6 is 11.6 Å². The molecule has 0 saturated heterocycles. The maximum atomic E-state index is 12.2. The summed E-state index contributed by atoms with van der Waals surface area (Å²) in [5.74, 6) is 0.124. The highest BCUT2D eigenvalue weighted by molar-refractivity contribution is 6.30. The van der Waals surface area contributed by atoms with Crippen LogP contribution < -0.4 is 10.1 Å². The van der Waals surface area contributed by atoms with Gasteiger partial charge in [-0.3, -0.25) is 4.79 Å². The molecule has 1 N–H and O–H groups in total. The smallest absolute Gasteiger partial charge is 0.255 e. The van der Waals surface area contributed by atoms with Gasteiger partial charge in [-0.25, -0.2) is 0 Å². The van der Waals surface area contributed by atoms with Gasteiger partial charge in [0.05, 0.1) is 24.7 Å². The number of nitrogens with zero attached hydrogens (tertiary/aromatic N) is 1.